The molecule has 116 valence electrons. The molecule has 0 bridgehead atoms. The minimum absolute atomic E-state index is 0.200. The van der Waals surface area contributed by atoms with Crippen molar-refractivity contribution in [1.82, 2.24) is 19.9 Å². The van der Waals surface area contributed by atoms with Crippen molar-refractivity contribution in [3.05, 3.63) is 42.2 Å². The Balaban J connectivity index is 1.50. The molecule has 1 unspecified atom stereocenters. The molecular weight excluding hydrogens is 280 g/mol. The first-order valence-corrected chi connectivity index (χ1v) is 7.53. The van der Waals surface area contributed by atoms with E-state index in [1.54, 1.807) is 24.3 Å². The maximum Gasteiger partial charge on any atom is 0.222 e. The molecule has 2 aromatic rings. The van der Waals surface area contributed by atoms with Crippen LogP contribution in [-0.4, -0.2) is 46.0 Å². The molecule has 1 aliphatic heterocycles. The molecule has 1 atom stereocenters. The van der Waals surface area contributed by atoms with Gasteiger partial charge in [0.1, 0.15) is 5.75 Å². The van der Waals surface area contributed by atoms with Gasteiger partial charge in [-0.05, 0) is 30.5 Å². The maximum atomic E-state index is 12.3. The van der Waals surface area contributed by atoms with Gasteiger partial charge in [0.2, 0.25) is 5.91 Å². The van der Waals surface area contributed by atoms with Crippen molar-refractivity contribution in [2.75, 3.05) is 20.2 Å². The van der Waals surface area contributed by atoms with Crippen molar-refractivity contribution >= 4 is 5.91 Å². The van der Waals surface area contributed by atoms with E-state index in [1.807, 2.05) is 29.2 Å². The van der Waals surface area contributed by atoms with Gasteiger partial charge in [0, 0.05) is 19.5 Å². The van der Waals surface area contributed by atoms with E-state index in [9.17, 15) is 4.79 Å². The summed E-state index contributed by atoms with van der Waals surface area (Å²) in [7, 11) is 1.65. The van der Waals surface area contributed by atoms with Crippen LogP contribution in [0.4, 0.5) is 0 Å². The second kappa shape index (κ2) is 6.60. The van der Waals surface area contributed by atoms with Gasteiger partial charge in [-0.2, -0.15) is 15.0 Å². The van der Waals surface area contributed by atoms with Crippen molar-refractivity contribution < 1.29 is 9.53 Å². The van der Waals surface area contributed by atoms with Gasteiger partial charge in [-0.25, -0.2) is 0 Å². The molecule has 1 aromatic heterocycles. The molecular formula is C16H20N4O2. The highest BCUT2D eigenvalue weighted by Crippen LogP contribution is 2.21. The minimum atomic E-state index is 0.200. The molecule has 0 radical (unpaired) electrons. The van der Waals surface area contributed by atoms with Gasteiger partial charge < -0.3 is 9.64 Å². The van der Waals surface area contributed by atoms with Crippen LogP contribution in [0.2, 0.25) is 0 Å². The number of hydrogen-bond donors (Lipinski definition) is 0. The molecule has 1 saturated heterocycles. The van der Waals surface area contributed by atoms with Gasteiger partial charge in [-0.3, -0.25) is 4.79 Å². The van der Waals surface area contributed by atoms with Crippen molar-refractivity contribution in [3.63, 3.8) is 0 Å². The van der Waals surface area contributed by atoms with Crippen molar-refractivity contribution in [2.24, 2.45) is 0 Å². The molecule has 3 rings (SSSR count). The Morgan fingerprint density at radius 1 is 1.27 bits per heavy atom. The van der Waals surface area contributed by atoms with Crippen LogP contribution in [0.5, 0.6) is 5.75 Å². The lowest BCUT2D eigenvalue weighted by molar-refractivity contribution is -0.130. The topological polar surface area (TPSA) is 60.2 Å². The number of rotatable bonds is 5. The van der Waals surface area contributed by atoms with E-state index in [2.05, 4.69) is 10.2 Å². The van der Waals surface area contributed by atoms with E-state index >= 15 is 0 Å². The van der Waals surface area contributed by atoms with Crippen LogP contribution in [0, 0.1) is 0 Å². The molecule has 1 aromatic carbocycles. The molecule has 0 aliphatic carbocycles. The molecule has 0 spiro atoms. The lowest BCUT2D eigenvalue weighted by Gasteiger charge is -2.16. The Labute approximate surface area is 129 Å². The van der Waals surface area contributed by atoms with Crippen molar-refractivity contribution in [2.45, 2.75) is 25.3 Å². The van der Waals surface area contributed by atoms with E-state index in [-0.39, 0.29) is 11.9 Å². The van der Waals surface area contributed by atoms with Crippen LogP contribution in [0.1, 0.15) is 24.4 Å². The number of aromatic nitrogens is 3. The molecule has 6 nitrogen and oxygen atoms in total. The highest BCUT2D eigenvalue weighted by Gasteiger charge is 2.27. The van der Waals surface area contributed by atoms with E-state index in [4.69, 9.17) is 4.74 Å². The third-order valence-corrected chi connectivity index (χ3v) is 4.07. The Morgan fingerprint density at radius 2 is 2.00 bits per heavy atom. The van der Waals surface area contributed by atoms with Gasteiger partial charge in [0.25, 0.3) is 0 Å². The van der Waals surface area contributed by atoms with Gasteiger partial charge in [-0.15, -0.1) is 0 Å². The first-order chi connectivity index (χ1) is 10.8. The lowest BCUT2D eigenvalue weighted by Crippen LogP contribution is -2.29. The summed E-state index contributed by atoms with van der Waals surface area (Å²) < 4.78 is 5.13. The SMILES string of the molecule is COc1ccc(CCC(=O)N2CCC(n3nccn3)C2)cc1. The summed E-state index contributed by atoms with van der Waals surface area (Å²) in [6.45, 7) is 1.49. The summed E-state index contributed by atoms with van der Waals surface area (Å²) in [5.41, 5.74) is 1.15. The standard InChI is InChI=1S/C16H20N4O2/c1-22-15-5-2-13(3-6-15)4-7-16(21)19-11-8-14(12-19)20-17-9-10-18-20/h2-3,5-6,9-10,14H,4,7-8,11-12H2,1H3. The average Bonchev–Trinajstić information content (AvgIpc) is 3.23. The summed E-state index contributed by atoms with van der Waals surface area (Å²) in [6.07, 6.45) is 5.56. The summed E-state index contributed by atoms with van der Waals surface area (Å²) >= 11 is 0. The highest BCUT2D eigenvalue weighted by molar-refractivity contribution is 5.76. The van der Waals surface area contributed by atoms with Gasteiger partial charge in [-0.1, -0.05) is 12.1 Å². The quantitative estimate of drug-likeness (QED) is 0.843. The first kappa shape index (κ1) is 14.6. The first-order valence-electron chi connectivity index (χ1n) is 7.53. The Hall–Kier alpha value is -2.37. The fourth-order valence-electron chi connectivity index (χ4n) is 2.77. The zero-order chi connectivity index (χ0) is 15.4. The van der Waals surface area contributed by atoms with E-state index < -0.39 is 0 Å². The molecule has 0 saturated carbocycles. The monoisotopic (exact) mass is 300 g/mol. The normalized spacial score (nSPS) is 17.7. The molecule has 2 heterocycles. The van der Waals surface area contributed by atoms with E-state index in [1.165, 1.54) is 0 Å². The Kier molecular flexibility index (Phi) is 4.37. The summed E-state index contributed by atoms with van der Waals surface area (Å²) in [6, 6.07) is 8.07. The molecule has 1 fully saturated rings. The number of aryl methyl sites for hydroxylation is 1. The molecule has 22 heavy (non-hydrogen) atoms. The minimum Gasteiger partial charge on any atom is -0.497 e. The predicted molar refractivity (Wildman–Crippen MR) is 81.6 cm³/mol. The van der Waals surface area contributed by atoms with Crippen LogP contribution in [0.3, 0.4) is 0 Å². The number of nitrogens with zero attached hydrogens (tertiary/aromatic N) is 4. The molecule has 1 amide bonds. The number of benzene rings is 1. The number of hydrogen-bond acceptors (Lipinski definition) is 4. The number of carbonyl (C=O) groups excluding carboxylic acids is 1. The zero-order valence-corrected chi connectivity index (χ0v) is 12.7. The third kappa shape index (κ3) is 3.27. The summed E-state index contributed by atoms with van der Waals surface area (Å²) in [5.74, 6) is 1.04. The second-order valence-corrected chi connectivity index (χ2v) is 5.48. The number of likely N-dealkylation sites (tertiary alicyclic amines) is 1. The number of methoxy groups -OCH3 is 1. The summed E-state index contributed by atoms with van der Waals surface area (Å²) in [5, 5.41) is 8.32. The maximum absolute atomic E-state index is 12.3. The fraction of sp³-hybridized carbons (Fsp3) is 0.438. The number of amides is 1. The van der Waals surface area contributed by atoms with E-state index in [0.717, 1.165) is 30.7 Å². The number of carbonyl (C=O) groups is 1. The fourth-order valence-corrected chi connectivity index (χ4v) is 2.77. The van der Waals surface area contributed by atoms with Gasteiger partial charge >= 0.3 is 0 Å². The Morgan fingerprint density at radius 3 is 2.68 bits per heavy atom. The lowest BCUT2D eigenvalue weighted by atomic mass is 10.1. The highest BCUT2D eigenvalue weighted by atomic mass is 16.5. The summed E-state index contributed by atoms with van der Waals surface area (Å²) in [4.78, 5) is 15.9. The van der Waals surface area contributed by atoms with Crippen molar-refractivity contribution in [1.29, 1.82) is 0 Å². The largest absolute Gasteiger partial charge is 0.497 e. The predicted octanol–water partition coefficient (Wildman–Crippen LogP) is 1.69. The van der Waals surface area contributed by atoms with Gasteiger partial charge in [0.15, 0.2) is 0 Å². The zero-order valence-electron chi connectivity index (χ0n) is 12.7. The van der Waals surface area contributed by atoms with Crippen LogP contribution in [0.15, 0.2) is 36.7 Å². The number of ether oxygens (including phenoxy) is 1. The molecule has 1 aliphatic rings. The van der Waals surface area contributed by atoms with Crippen LogP contribution < -0.4 is 4.74 Å². The third-order valence-electron chi connectivity index (χ3n) is 4.07. The van der Waals surface area contributed by atoms with Crippen LogP contribution in [0.25, 0.3) is 0 Å². The molecule has 6 heteroatoms. The van der Waals surface area contributed by atoms with Crippen molar-refractivity contribution in [3.8, 4) is 5.75 Å². The average molecular weight is 300 g/mol. The molecule has 0 N–H and O–H groups in total. The second-order valence-electron chi connectivity index (χ2n) is 5.48. The van der Waals surface area contributed by atoms with Gasteiger partial charge in [0.05, 0.1) is 25.5 Å². The Bertz CT molecular complexity index is 610. The van der Waals surface area contributed by atoms with Crippen LogP contribution in [-0.2, 0) is 11.2 Å². The van der Waals surface area contributed by atoms with E-state index in [0.29, 0.717) is 13.0 Å². The van der Waals surface area contributed by atoms with Crippen LogP contribution >= 0.6 is 0 Å². The smallest absolute Gasteiger partial charge is 0.222 e.